The zero-order valence-corrected chi connectivity index (χ0v) is 9.82. The summed E-state index contributed by atoms with van der Waals surface area (Å²) in [5.41, 5.74) is 0. The standard InChI is InChI=1S/C11H24O3/c1-5-7-10(12)11(6-2)14-9(3)8-13-4/h9-12H,5-8H2,1-4H3. The van der Waals surface area contributed by atoms with E-state index in [4.69, 9.17) is 9.47 Å². The molecule has 3 heteroatoms. The first-order chi connectivity index (χ1) is 6.65. The summed E-state index contributed by atoms with van der Waals surface area (Å²) in [5.74, 6) is 0. The largest absolute Gasteiger partial charge is 0.390 e. The molecule has 3 nitrogen and oxygen atoms in total. The average Bonchev–Trinajstić information content (AvgIpc) is 2.15. The van der Waals surface area contributed by atoms with E-state index in [1.165, 1.54) is 0 Å². The van der Waals surface area contributed by atoms with E-state index in [1.807, 2.05) is 13.8 Å². The summed E-state index contributed by atoms with van der Waals surface area (Å²) in [5, 5.41) is 9.76. The van der Waals surface area contributed by atoms with Gasteiger partial charge < -0.3 is 14.6 Å². The van der Waals surface area contributed by atoms with Crippen LogP contribution in [0.4, 0.5) is 0 Å². The van der Waals surface area contributed by atoms with Gasteiger partial charge in [0.1, 0.15) is 0 Å². The van der Waals surface area contributed by atoms with Crippen LogP contribution in [0.25, 0.3) is 0 Å². The lowest BCUT2D eigenvalue weighted by Crippen LogP contribution is -2.33. The lowest BCUT2D eigenvalue weighted by Gasteiger charge is -2.25. The van der Waals surface area contributed by atoms with Gasteiger partial charge >= 0.3 is 0 Å². The number of hydrogen-bond acceptors (Lipinski definition) is 3. The van der Waals surface area contributed by atoms with Gasteiger partial charge in [-0.1, -0.05) is 20.3 Å². The van der Waals surface area contributed by atoms with E-state index in [1.54, 1.807) is 7.11 Å². The fraction of sp³-hybridized carbons (Fsp3) is 1.00. The van der Waals surface area contributed by atoms with Crippen LogP contribution in [0.1, 0.15) is 40.0 Å². The Morgan fingerprint density at radius 1 is 1.29 bits per heavy atom. The fourth-order valence-electron chi connectivity index (χ4n) is 1.51. The van der Waals surface area contributed by atoms with E-state index in [0.29, 0.717) is 6.61 Å². The van der Waals surface area contributed by atoms with E-state index in [-0.39, 0.29) is 18.3 Å². The minimum absolute atomic E-state index is 0.0523. The van der Waals surface area contributed by atoms with Gasteiger partial charge in [-0.2, -0.15) is 0 Å². The first-order valence-corrected chi connectivity index (χ1v) is 5.48. The minimum Gasteiger partial charge on any atom is -0.390 e. The van der Waals surface area contributed by atoms with Gasteiger partial charge in [-0.25, -0.2) is 0 Å². The Labute approximate surface area is 87.4 Å². The number of aliphatic hydroxyl groups excluding tert-OH is 1. The predicted molar refractivity (Wildman–Crippen MR) is 57.4 cm³/mol. The van der Waals surface area contributed by atoms with Crippen molar-refractivity contribution in [2.24, 2.45) is 0 Å². The molecule has 0 spiro atoms. The van der Waals surface area contributed by atoms with Crippen molar-refractivity contribution in [2.75, 3.05) is 13.7 Å². The Hall–Kier alpha value is -0.120. The van der Waals surface area contributed by atoms with Crippen LogP contribution in [0.15, 0.2) is 0 Å². The Kier molecular flexibility index (Phi) is 8.14. The van der Waals surface area contributed by atoms with Gasteiger partial charge in [-0.05, 0) is 19.8 Å². The zero-order valence-electron chi connectivity index (χ0n) is 9.82. The van der Waals surface area contributed by atoms with E-state index < -0.39 is 0 Å². The molecular weight excluding hydrogens is 180 g/mol. The molecule has 3 unspecified atom stereocenters. The molecule has 0 aliphatic heterocycles. The topological polar surface area (TPSA) is 38.7 Å². The highest BCUT2D eigenvalue weighted by molar-refractivity contribution is 4.68. The molecule has 0 saturated heterocycles. The van der Waals surface area contributed by atoms with Crippen molar-refractivity contribution >= 4 is 0 Å². The number of methoxy groups -OCH3 is 1. The van der Waals surface area contributed by atoms with Crippen molar-refractivity contribution in [3.05, 3.63) is 0 Å². The molecule has 0 heterocycles. The summed E-state index contributed by atoms with van der Waals surface area (Å²) < 4.78 is 10.7. The van der Waals surface area contributed by atoms with Gasteiger partial charge in [0.05, 0.1) is 24.9 Å². The van der Waals surface area contributed by atoms with Crippen molar-refractivity contribution in [2.45, 2.75) is 58.3 Å². The van der Waals surface area contributed by atoms with Crippen LogP contribution in [-0.2, 0) is 9.47 Å². The molecule has 0 bridgehead atoms. The quantitative estimate of drug-likeness (QED) is 0.657. The molecular formula is C11H24O3. The van der Waals surface area contributed by atoms with Crippen LogP contribution in [0, 0.1) is 0 Å². The normalized spacial score (nSPS) is 17.8. The second-order valence-corrected chi connectivity index (χ2v) is 3.70. The highest BCUT2D eigenvalue weighted by atomic mass is 16.5. The van der Waals surface area contributed by atoms with Crippen LogP contribution in [0.5, 0.6) is 0 Å². The van der Waals surface area contributed by atoms with E-state index in [2.05, 4.69) is 6.92 Å². The van der Waals surface area contributed by atoms with Crippen molar-refractivity contribution in [1.82, 2.24) is 0 Å². The third-order valence-corrected chi connectivity index (χ3v) is 2.22. The minimum atomic E-state index is -0.343. The maximum atomic E-state index is 9.76. The summed E-state index contributed by atoms with van der Waals surface area (Å²) in [6.07, 6.45) is 2.29. The lowest BCUT2D eigenvalue weighted by molar-refractivity contribution is -0.0925. The smallest absolute Gasteiger partial charge is 0.0836 e. The molecule has 0 aromatic carbocycles. The summed E-state index contributed by atoms with van der Waals surface area (Å²) in [6, 6.07) is 0. The van der Waals surface area contributed by atoms with Gasteiger partial charge in [0.2, 0.25) is 0 Å². The Morgan fingerprint density at radius 3 is 2.36 bits per heavy atom. The highest BCUT2D eigenvalue weighted by Gasteiger charge is 2.19. The van der Waals surface area contributed by atoms with Gasteiger partial charge in [0, 0.05) is 7.11 Å². The van der Waals surface area contributed by atoms with Crippen molar-refractivity contribution in [1.29, 1.82) is 0 Å². The Balaban J connectivity index is 3.87. The summed E-state index contributed by atoms with van der Waals surface area (Å²) in [7, 11) is 1.66. The second-order valence-electron chi connectivity index (χ2n) is 3.70. The van der Waals surface area contributed by atoms with Crippen LogP contribution < -0.4 is 0 Å². The molecule has 14 heavy (non-hydrogen) atoms. The first-order valence-electron chi connectivity index (χ1n) is 5.48. The lowest BCUT2D eigenvalue weighted by atomic mass is 10.1. The molecule has 0 saturated carbocycles. The summed E-state index contributed by atoms with van der Waals surface area (Å²) in [4.78, 5) is 0. The number of aliphatic hydroxyl groups is 1. The van der Waals surface area contributed by atoms with Crippen LogP contribution >= 0.6 is 0 Å². The highest BCUT2D eigenvalue weighted by Crippen LogP contribution is 2.12. The molecule has 0 aliphatic carbocycles. The predicted octanol–water partition coefficient (Wildman–Crippen LogP) is 1.98. The van der Waals surface area contributed by atoms with Crippen molar-refractivity contribution in [3.8, 4) is 0 Å². The fourth-order valence-corrected chi connectivity index (χ4v) is 1.51. The second kappa shape index (κ2) is 8.21. The third-order valence-electron chi connectivity index (χ3n) is 2.22. The van der Waals surface area contributed by atoms with Gasteiger partial charge in [0.25, 0.3) is 0 Å². The summed E-state index contributed by atoms with van der Waals surface area (Å²) >= 11 is 0. The van der Waals surface area contributed by atoms with Crippen LogP contribution in [0.2, 0.25) is 0 Å². The Morgan fingerprint density at radius 2 is 1.93 bits per heavy atom. The van der Waals surface area contributed by atoms with E-state index in [9.17, 15) is 5.11 Å². The van der Waals surface area contributed by atoms with Gasteiger partial charge in [-0.3, -0.25) is 0 Å². The molecule has 0 fully saturated rings. The zero-order chi connectivity index (χ0) is 11.0. The first kappa shape index (κ1) is 13.9. The number of rotatable bonds is 8. The monoisotopic (exact) mass is 204 g/mol. The van der Waals surface area contributed by atoms with Gasteiger partial charge in [-0.15, -0.1) is 0 Å². The molecule has 0 radical (unpaired) electrons. The van der Waals surface area contributed by atoms with E-state index >= 15 is 0 Å². The summed E-state index contributed by atoms with van der Waals surface area (Å²) in [6.45, 7) is 6.64. The molecule has 1 N–H and O–H groups in total. The van der Waals surface area contributed by atoms with Gasteiger partial charge in [0.15, 0.2) is 0 Å². The van der Waals surface area contributed by atoms with Crippen LogP contribution in [0.3, 0.4) is 0 Å². The average molecular weight is 204 g/mol. The third kappa shape index (κ3) is 5.58. The SMILES string of the molecule is CCCC(O)C(CC)OC(C)COC. The number of ether oxygens (including phenoxy) is 2. The maximum absolute atomic E-state index is 9.76. The van der Waals surface area contributed by atoms with E-state index in [0.717, 1.165) is 19.3 Å². The Bertz CT molecular complexity index is 128. The molecule has 86 valence electrons. The maximum Gasteiger partial charge on any atom is 0.0836 e. The van der Waals surface area contributed by atoms with Crippen LogP contribution in [-0.4, -0.2) is 37.1 Å². The molecule has 0 aliphatic rings. The molecule has 0 aromatic heterocycles. The molecule has 0 amide bonds. The number of hydrogen-bond donors (Lipinski definition) is 1. The van der Waals surface area contributed by atoms with Crippen molar-refractivity contribution in [3.63, 3.8) is 0 Å². The molecule has 3 atom stereocenters. The molecule has 0 aromatic rings. The van der Waals surface area contributed by atoms with Crippen molar-refractivity contribution < 1.29 is 14.6 Å². The molecule has 0 rings (SSSR count).